The lowest BCUT2D eigenvalue weighted by Gasteiger charge is -2.02. The molecule has 0 saturated heterocycles. The summed E-state index contributed by atoms with van der Waals surface area (Å²) in [5, 5.41) is 0.939. The summed E-state index contributed by atoms with van der Waals surface area (Å²) in [7, 11) is 0. The number of hydrogen-bond donors (Lipinski definition) is 0. The minimum absolute atomic E-state index is 0.108. The number of hydrogen-bond acceptors (Lipinski definition) is 2. The van der Waals surface area contributed by atoms with Gasteiger partial charge in [-0.15, -0.1) is 0 Å². The van der Waals surface area contributed by atoms with Crippen LogP contribution in [0.25, 0.3) is 11.0 Å². The number of rotatable bonds is 2. The molecule has 0 aliphatic rings. The standard InChI is InChI=1S/C16H11BrO2/c1-10-6-7-12(13(17)8-10)16(18)15-9-11-4-2-3-5-14(11)19-15/h2-9H,1H3. The maximum absolute atomic E-state index is 12.4. The smallest absolute Gasteiger partial charge is 0.229 e. The number of carbonyl (C=O) groups excluding carboxylic acids is 1. The molecule has 0 atom stereocenters. The van der Waals surface area contributed by atoms with Crippen molar-refractivity contribution >= 4 is 32.7 Å². The van der Waals surface area contributed by atoms with E-state index in [-0.39, 0.29) is 5.78 Å². The van der Waals surface area contributed by atoms with E-state index < -0.39 is 0 Å². The Morgan fingerprint density at radius 1 is 1.11 bits per heavy atom. The van der Waals surface area contributed by atoms with Crippen LogP contribution in [0.4, 0.5) is 0 Å². The summed E-state index contributed by atoms with van der Waals surface area (Å²) in [5.74, 6) is 0.258. The molecule has 3 rings (SSSR count). The van der Waals surface area contributed by atoms with Gasteiger partial charge < -0.3 is 4.42 Å². The van der Waals surface area contributed by atoms with Gasteiger partial charge in [0, 0.05) is 15.4 Å². The second-order valence-corrected chi connectivity index (χ2v) is 5.32. The Kier molecular flexibility index (Phi) is 2.99. The fraction of sp³-hybridized carbons (Fsp3) is 0.0625. The van der Waals surface area contributed by atoms with Gasteiger partial charge in [0.15, 0.2) is 5.76 Å². The highest BCUT2D eigenvalue weighted by Crippen LogP contribution is 2.25. The molecule has 94 valence electrons. The Balaban J connectivity index is 2.08. The predicted molar refractivity (Wildman–Crippen MR) is 78.5 cm³/mol. The van der Waals surface area contributed by atoms with Crippen LogP contribution in [0.15, 0.2) is 57.4 Å². The molecule has 3 heteroatoms. The lowest BCUT2D eigenvalue weighted by molar-refractivity contribution is 0.101. The van der Waals surface area contributed by atoms with Crippen molar-refractivity contribution in [3.05, 3.63) is 69.9 Å². The lowest BCUT2D eigenvalue weighted by atomic mass is 10.1. The molecule has 0 fully saturated rings. The molecule has 1 aromatic heterocycles. The average molecular weight is 315 g/mol. The highest BCUT2D eigenvalue weighted by molar-refractivity contribution is 9.10. The number of halogens is 1. The van der Waals surface area contributed by atoms with E-state index in [4.69, 9.17) is 4.42 Å². The highest BCUT2D eigenvalue weighted by Gasteiger charge is 2.16. The van der Waals surface area contributed by atoms with Crippen LogP contribution in [0, 0.1) is 6.92 Å². The number of para-hydroxylation sites is 1. The number of fused-ring (bicyclic) bond motifs is 1. The van der Waals surface area contributed by atoms with Crippen molar-refractivity contribution in [2.75, 3.05) is 0 Å². The second kappa shape index (κ2) is 4.67. The second-order valence-electron chi connectivity index (χ2n) is 4.46. The summed E-state index contributed by atoms with van der Waals surface area (Å²) in [6.45, 7) is 1.99. The van der Waals surface area contributed by atoms with E-state index >= 15 is 0 Å². The number of aryl methyl sites for hydroxylation is 1. The van der Waals surface area contributed by atoms with E-state index in [1.807, 2.05) is 49.4 Å². The zero-order valence-electron chi connectivity index (χ0n) is 10.3. The Morgan fingerprint density at radius 2 is 1.89 bits per heavy atom. The first-order valence-corrected chi connectivity index (χ1v) is 6.74. The molecule has 2 nitrogen and oxygen atoms in total. The molecule has 2 aromatic carbocycles. The van der Waals surface area contributed by atoms with Crippen molar-refractivity contribution in [3.8, 4) is 0 Å². The molecular formula is C16H11BrO2. The van der Waals surface area contributed by atoms with Gasteiger partial charge in [-0.25, -0.2) is 0 Å². The van der Waals surface area contributed by atoms with Gasteiger partial charge in [0.2, 0.25) is 5.78 Å². The molecule has 0 amide bonds. The average Bonchev–Trinajstić information content (AvgIpc) is 2.81. The van der Waals surface area contributed by atoms with Crippen LogP contribution in [-0.2, 0) is 0 Å². The molecule has 0 bridgehead atoms. The van der Waals surface area contributed by atoms with Crippen molar-refractivity contribution < 1.29 is 9.21 Å². The monoisotopic (exact) mass is 314 g/mol. The van der Waals surface area contributed by atoms with Crippen LogP contribution in [0.2, 0.25) is 0 Å². The van der Waals surface area contributed by atoms with Crippen molar-refractivity contribution in [2.45, 2.75) is 6.92 Å². The van der Waals surface area contributed by atoms with E-state index in [1.165, 1.54) is 0 Å². The summed E-state index contributed by atoms with van der Waals surface area (Å²) < 4.78 is 6.39. The van der Waals surface area contributed by atoms with E-state index in [2.05, 4.69) is 15.9 Å². The quantitative estimate of drug-likeness (QED) is 0.640. The number of furan rings is 1. The number of ketones is 1. The molecule has 0 spiro atoms. The van der Waals surface area contributed by atoms with E-state index in [0.29, 0.717) is 11.3 Å². The molecular weight excluding hydrogens is 304 g/mol. The third kappa shape index (κ3) is 2.22. The van der Waals surface area contributed by atoms with E-state index in [0.717, 1.165) is 21.0 Å². The van der Waals surface area contributed by atoms with Gasteiger partial charge >= 0.3 is 0 Å². The van der Waals surface area contributed by atoms with E-state index in [1.54, 1.807) is 6.07 Å². The Hall–Kier alpha value is -1.87. The summed E-state index contributed by atoms with van der Waals surface area (Å²) in [4.78, 5) is 12.4. The molecule has 0 unspecified atom stereocenters. The normalized spacial score (nSPS) is 10.8. The highest BCUT2D eigenvalue weighted by atomic mass is 79.9. The molecule has 0 N–H and O–H groups in total. The molecule has 1 heterocycles. The van der Waals surface area contributed by atoms with Crippen LogP contribution in [0.3, 0.4) is 0 Å². The summed E-state index contributed by atoms with van der Waals surface area (Å²) in [6, 6.07) is 15.0. The largest absolute Gasteiger partial charge is 0.453 e. The number of carbonyl (C=O) groups is 1. The van der Waals surface area contributed by atoms with E-state index in [9.17, 15) is 4.79 Å². The van der Waals surface area contributed by atoms with Gasteiger partial charge in [-0.2, -0.15) is 0 Å². The van der Waals surface area contributed by atoms with Crippen LogP contribution in [0.5, 0.6) is 0 Å². The summed E-state index contributed by atoms with van der Waals surface area (Å²) >= 11 is 3.43. The lowest BCUT2D eigenvalue weighted by Crippen LogP contribution is -2.00. The minimum Gasteiger partial charge on any atom is -0.453 e. The van der Waals surface area contributed by atoms with Crippen LogP contribution >= 0.6 is 15.9 Å². The first-order valence-electron chi connectivity index (χ1n) is 5.94. The molecule has 3 aromatic rings. The van der Waals surface area contributed by atoms with Gasteiger partial charge in [-0.1, -0.05) is 40.2 Å². The van der Waals surface area contributed by atoms with Crippen LogP contribution < -0.4 is 0 Å². The summed E-state index contributed by atoms with van der Waals surface area (Å²) in [5.41, 5.74) is 2.45. The number of benzene rings is 2. The first kappa shape index (κ1) is 12.2. The van der Waals surface area contributed by atoms with Crippen molar-refractivity contribution in [1.82, 2.24) is 0 Å². The first-order chi connectivity index (χ1) is 9.15. The molecule has 0 aliphatic carbocycles. The van der Waals surface area contributed by atoms with Gasteiger partial charge in [0.1, 0.15) is 5.58 Å². The molecule has 19 heavy (non-hydrogen) atoms. The third-order valence-electron chi connectivity index (χ3n) is 3.02. The van der Waals surface area contributed by atoms with Crippen molar-refractivity contribution in [1.29, 1.82) is 0 Å². The van der Waals surface area contributed by atoms with Crippen LogP contribution in [-0.4, -0.2) is 5.78 Å². The third-order valence-corrected chi connectivity index (χ3v) is 3.67. The molecule has 0 aliphatic heterocycles. The Bertz CT molecular complexity index is 738. The Labute approximate surface area is 119 Å². The van der Waals surface area contributed by atoms with Gasteiger partial charge in [0.25, 0.3) is 0 Å². The molecule has 0 saturated carbocycles. The Morgan fingerprint density at radius 3 is 2.63 bits per heavy atom. The topological polar surface area (TPSA) is 30.2 Å². The maximum Gasteiger partial charge on any atom is 0.229 e. The zero-order chi connectivity index (χ0) is 13.4. The maximum atomic E-state index is 12.4. The van der Waals surface area contributed by atoms with Gasteiger partial charge in [-0.3, -0.25) is 4.79 Å². The summed E-state index contributed by atoms with van der Waals surface area (Å²) in [6.07, 6.45) is 0. The fourth-order valence-electron chi connectivity index (χ4n) is 2.03. The SMILES string of the molecule is Cc1ccc(C(=O)c2cc3ccccc3o2)c(Br)c1. The fourth-order valence-corrected chi connectivity index (χ4v) is 2.70. The minimum atomic E-state index is -0.108. The zero-order valence-corrected chi connectivity index (χ0v) is 11.9. The van der Waals surface area contributed by atoms with Gasteiger partial charge in [0.05, 0.1) is 0 Å². The van der Waals surface area contributed by atoms with Gasteiger partial charge in [-0.05, 0) is 36.8 Å². The van der Waals surface area contributed by atoms with Crippen LogP contribution in [0.1, 0.15) is 21.7 Å². The van der Waals surface area contributed by atoms with Crippen molar-refractivity contribution in [3.63, 3.8) is 0 Å². The molecule has 0 radical (unpaired) electrons. The van der Waals surface area contributed by atoms with Crippen molar-refractivity contribution in [2.24, 2.45) is 0 Å². The predicted octanol–water partition coefficient (Wildman–Crippen LogP) is 4.73.